The van der Waals surface area contributed by atoms with E-state index in [0.717, 1.165) is 22.3 Å². The second-order valence-electron chi connectivity index (χ2n) is 9.65. The number of aliphatic carboxylic acids is 1. The lowest BCUT2D eigenvalue weighted by Gasteiger charge is -2.51. The molecular formula is C26H26N4O5. The van der Waals surface area contributed by atoms with Gasteiger partial charge in [0.1, 0.15) is 18.5 Å². The number of amides is 2. The molecule has 9 heteroatoms. The number of fused-ring (bicyclic) bond motifs is 3. The highest BCUT2D eigenvalue weighted by Gasteiger charge is 2.53. The number of hydrogen-bond acceptors (Lipinski definition) is 5. The van der Waals surface area contributed by atoms with E-state index in [9.17, 15) is 19.5 Å². The third-order valence-corrected chi connectivity index (χ3v) is 6.80. The Hall–Kier alpha value is -4.14. The van der Waals surface area contributed by atoms with Gasteiger partial charge in [0.25, 0.3) is 5.91 Å². The highest BCUT2D eigenvalue weighted by atomic mass is 16.5. The first-order chi connectivity index (χ1) is 16.7. The summed E-state index contributed by atoms with van der Waals surface area (Å²) in [5.41, 5.74) is 4.05. The molecule has 0 saturated carbocycles. The van der Waals surface area contributed by atoms with Crippen LogP contribution in [0.1, 0.15) is 41.4 Å². The van der Waals surface area contributed by atoms with Crippen molar-refractivity contribution in [3.63, 3.8) is 0 Å². The first kappa shape index (κ1) is 22.6. The van der Waals surface area contributed by atoms with Crippen LogP contribution in [0.3, 0.4) is 0 Å². The summed E-state index contributed by atoms with van der Waals surface area (Å²) in [5, 5.41) is 16.3. The summed E-state index contributed by atoms with van der Waals surface area (Å²) in [6.45, 7) is 4.08. The van der Waals surface area contributed by atoms with Gasteiger partial charge in [0, 0.05) is 31.0 Å². The highest BCUT2D eigenvalue weighted by molar-refractivity contribution is 5.98. The summed E-state index contributed by atoms with van der Waals surface area (Å²) in [5.74, 6) is -1.34. The van der Waals surface area contributed by atoms with Crippen LogP contribution in [0.4, 0.5) is 10.6 Å². The average molecular weight is 475 g/mol. The summed E-state index contributed by atoms with van der Waals surface area (Å²) >= 11 is 0. The van der Waals surface area contributed by atoms with Crippen LogP contribution in [0, 0.1) is 5.41 Å². The number of carboxylic acids is 1. The van der Waals surface area contributed by atoms with Gasteiger partial charge in [0.05, 0.1) is 0 Å². The monoisotopic (exact) mass is 474 g/mol. The van der Waals surface area contributed by atoms with Crippen molar-refractivity contribution in [2.45, 2.75) is 25.8 Å². The fourth-order valence-corrected chi connectivity index (χ4v) is 5.16. The zero-order chi connectivity index (χ0) is 24.9. The minimum Gasteiger partial charge on any atom is -0.480 e. The van der Waals surface area contributed by atoms with Crippen molar-refractivity contribution >= 4 is 23.8 Å². The minimum absolute atomic E-state index is 0.0585. The predicted molar refractivity (Wildman–Crippen MR) is 128 cm³/mol. The number of nitrogens with zero attached hydrogens (tertiary/aromatic N) is 3. The van der Waals surface area contributed by atoms with Crippen molar-refractivity contribution in [3.8, 4) is 11.1 Å². The van der Waals surface area contributed by atoms with Crippen LogP contribution in [0.5, 0.6) is 0 Å². The number of hydrogen-bond donors (Lipinski definition) is 2. The van der Waals surface area contributed by atoms with Crippen LogP contribution in [-0.2, 0) is 16.6 Å². The summed E-state index contributed by atoms with van der Waals surface area (Å²) in [7, 11) is 1.59. The van der Waals surface area contributed by atoms with E-state index in [-0.39, 0.29) is 24.0 Å². The smallest absolute Gasteiger partial charge is 0.412 e. The number of nitrogens with one attached hydrogen (secondary N) is 1. The number of carboxylic acid groups (broad SMARTS) is 1. The Balaban J connectivity index is 1.26. The summed E-state index contributed by atoms with van der Waals surface area (Å²) in [6.07, 6.45) is -0.664. The Labute approximate surface area is 202 Å². The predicted octanol–water partition coefficient (Wildman–Crippen LogP) is 3.72. The number of benzene rings is 2. The number of aromatic nitrogens is 2. The molecule has 2 amide bonds. The quantitative estimate of drug-likeness (QED) is 0.583. The van der Waals surface area contributed by atoms with Gasteiger partial charge in [-0.25, -0.2) is 9.59 Å². The molecule has 2 heterocycles. The number of aryl methyl sites for hydroxylation is 1. The molecule has 2 aliphatic rings. The number of rotatable bonds is 5. The molecule has 1 unspecified atom stereocenters. The largest absolute Gasteiger partial charge is 0.480 e. The van der Waals surface area contributed by atoms with Crippen molar-refractivity contribution in [2.24, 2.45) is 12.5 Å². The molecule has 1 aliphatic carbocycles. The van der Waals surface area contributed by atoms with Gasteiger partial charge in [-0.2, -0.15) is 5.10 Å². The molecule has 3 aromatic rings. The second kappa shape index (κ2) is 8.26. The average Bonchev–Trinajstić information content (AvgIpc) is 3.33. The van der Waals surface area contributed by atoms with Gasteiger partial charge in [-0.15, -0.1) is 0 Å². The van der Waals surface area contributed by atoms with Gasteiger partial charge in [-0.1, -0.05) is 62.4 Å². The molecule has 1 saturated heterocycles. The van der Waals surface area contributed by atoms with Crippen molar-refractivity contribution in [1.29, 1.82) is 0 Å². The summed E-state index contributed by atoms with van der Waals surface area (Å²) in [6, 6.07) is 16.7. The van der Waals surface area contributed by atoms with Gasteiger partial charge in [-0.3, -0.25) is 14.8 Å². The Kier molecular flexibility index (Phi) is 5.35. The highest BCUT2D eigenvalue weighted by Crippen LogP contribution is 2.44. The van der Waals surface area contributed by atoms with Crippen LogP contribution < -0.4 is 5.32 Å². The number of carbonyl (C=O) groups is 3. The third-order valence-electron chi connectivity index (χ3n) is 6.80. The molecule has 2 aromatic carbocycles. The van der Waals surface area contributed by atoms with E-state index in [1.807, 2.05) is 36.4 Å². The molecular weight excluding hydrogens is 448 g/mol. The Morgan fingerprint density at radius 1 is 1.09 bits per heavy atom. The number of carbonyl (C=O) groups excluding carboxylic acids is 2. The number of anilines is 1. The lowest BCUT2D eigenvalue weighted by Crippen LogP contribution is -2.67. The van der Waals surface area contributed by atoms with Crippen molar-refractivity contribution < 1.29 is 24.2 Å². The number of ether oxygens (including phenoxy) is 1. The lowest BCUT2D eigenvalue weighted by atomic mass is 9.74. The van der Waals surface area contributed by atoms with E-state index < -0.39 is 29.4 Å². The van der Waals surface area contributed by atoms with E-state index in [0.29, 0.717) is 6.54 Å². The van der Waals surface area contributed by atoms with E-state index >= 15 is 0 Å². The zero-order valence-electron chi connectivity index (χ0n) is 19.7. The standard InChI is InChI=1S/C26H26N4O5/c1-26(2)14-30(22(26)24(32)33)23(31)20-12-21(29(3)28-20)27-25(34)35-13-19-17-10-6-4-8-15(17)16-9-5-7-11-18(16)19/h4-12,19,22H,13-14H2,1-3H3,(H,27,34)(H,32,33). The molecule has 1 atom stereocenters. The Morgan fingerprint density at radius 2 is 1.69 bits per heavy atom. The van der Waals surface area contributed by atoms with Gasteiger partial charge in [-0.05, 0) is 22.3 Å². The zero-order valence-corrected chi connectivity index (χ0v) is 19.7. The first-order valence-electron chi connectivity index (χ1n) is 11.4. The maximum Gasteiger partial charge on any atom is 0.412 e. The molecule has 1 aromatic heterocycles. The van der Waals surface area contributed by atoms with Crippen LogP contribution in [0.15, 0.2) is 54.6 Å². The molecule has 180 valence electrons. The van der Waals surface area contributed by atoms with Gasteiger partial charge in [0.2, 0.25) is 0 Å². The molecule has 2 N–H and O–H groups in total. The lowest BCUT2D eigenvalue weighted by molar-refractivity contribution is -0.156. The molecule has 0 bridgehead atoms. The molecule has 35 heavy (non-hydrogen) atoms. The van der Waals surface area contributed by atoms with Crippen LogP contribution in [0.25, 0.3) is 11.1 Å². The maximum atomic E-state index is 12.9. The fourth-order valence-electron chi connectivity index (χ4n) is 5.16. The minimum atomic E-state index is -1.05. The van der Waals surface area contributed by atoms with Crippen LogP contribution >= 0.6 is 0 Å². The van der Waals surface area contributed by atoms with Crippen molar-refractivity contribution in [1.82, 2.24) is 14.7 Å². The van der Waals surface area contributed by atoms with Crippen molar-refractivity contribution in [2.75, 3.05) is 18.5 Å². The van der Waals surface area contributed by atoms with E-state index in [2.05, 4.69) is 22.5 Å². The second-order valence-corrected chi connectivity index (χ2v) is 9.65. The van der Waals surface area contributed by atoms with Crippen LogP contribution in [-0.4, -0.2) is 57.0 Å². The molecule has 1 fully saturated rings. The topological polar surface area (TPSA) is 114 Å². The normalized spacial score (nSPS) is 17.8. The molecule has 0 spiro atoms. The molecule has 1 aliphatic heterocycles. The van der Waals surface area contributed by atoms with Gasteiger partial charge < -0.3 is 14.7 Å². The fraction of sp³-hybridized carbons (Fsp3) is 0.308. The van der Waals surface area contributed by atoms with Crippen molar-refractivity contribution in [3.05, 3.63) is 71.4 Å². The van der Waals surface area contributed by atoms with E-state index in [1.54, 1.807) is 20.9 Å². The first-order valence-corrected chi connectivity index (χ1v) is 11.4. The Morgan fingerprint density at radius 3 is 2.26 bits per heavy atom. The summed E-state index contributed by atoms with van der Waals surface area (Å²) < 4.78 is 6.92. The summed E-state index contributed by atoms with van der Waals surface area (Å²) in [4.78, 5) is 38.3. The molecule has 0 radical (unpaired) electrons. The van der Waals surface area contributed by atoms with E-state index in [4.69, 9.17) is 4.74 Å². The van der Waals surface area contributed by atoms with Gasteiger partial charge in [0.15, 0.2) is 5.69 Å². The van der Waals surface area contributed by atoms with Crippen LogP contribution in [0.2, 0.25) is 0 Å². The number of likely N-dealkylation sites (tertiary alicyclic amines) is 1. The Bertz CT molecular complexity index is 1300. The van der Waals surface area contributed by atoms with E-state index in [1.165, 1.54) is 15.6 Å². The molecule has 5 rings (SSSR count). The SMILES string of the molecule is Cn1nc(C(=O)N2CC(C)(C)C2C(=O)O)cc1NC(=O)OCC1c2ccccc2-c2ccccc21. The third kappa shape index (κ3) is 3.82. The van der Waals surface area contributed by atoms with Gasteiger partial charge >= 0.3 is 12.1 Å². The molecule has 9 nitrogen and oxygen atoms in total. The maximum absolute atomic E-state index is 12.9.